The van der Waals surface area contributed by atoms with E-state index in [0.29, 0.717) is 0 Å². The van der Waals surface area contributed by atoms with Gasteiger partial charge in [0.05, 0.1) is 0 Å². The predicted molar refractivity (Wildman–Crippen MR) is 47.5 cm³/mol. The highest BCUT2D eigenvalue weighted by Gasteiger charge is 2.18. The van der Waals surface area contributed by atoms with Crippen LogP contribution >= 0.6 is 0 Å². The lowest BCUT2D eigenvalue weighted by Crippen LogP contribution is -2.43. The van der Waals surface area contributed by atoms with E-state index in [2.05, 4.69) is 4.90 Å². The Bertz CT molecular complexity index is 107. The second kappa shape index (κ2) is 4.04. The molecule has 0 saturated carbocycles. The van der Waals surface area contributed by atoms with E-state index in [-0.39, 0.29) is 0 Å². The van der Waals surface area contributed by atoms with E-state index in [1.165, 1.54) is 0 Å². The number of likely N-dealkylation sites (N-methyl/N-ethyl adjacent to an activating group) is 2. The fraction of sp³-hybridized carbons (Fsp3) is 1.00. The van der Waals surface area contributed by atoms with Crippen molar-refractivity contribution in [2.75, 3.05) is 34.2 Å². The van der Waals surface area contributed by atoms with Gasteiger partial charge in [0.25, 0.3) is 0 Å². The van der Waals surface area contributed by atoms with Gasteiger partial charge in [-0.2, -0.15) is 0 Å². The molecule has 0 heterocycles. The van der Waals surface area contributed by atoms with Crippen LogP contribution in [-0.2, 0) is 0 Å². The Morgan fingerprint density at radius 1 is 1.09 bits per heavy atom. The van der Waals surface area contributed by atoms with E-state index < -0.39 is 5.72 Å². The molecule has 0 rings (SSSR count). The molecule has 0 aliphatic carbocycles. The molecule has 0 radical (unpaired) electrons. The molecule has 0 aromatic heterocycles. The van der Waals surface area contributed by atoms with Gasteiger partial charge in [-0.1, -0.05) is 0 Å². The van der Waals surface area contributed by atoms with Gasteiger partial charge in [-0.25, -0.2) is 0 Å². The molecule has 68 valence electrons. The van der Waals surface area contributed by atoms with E-state index in [0.717, 1.165) is 13.1 Å². The van der Waals surface area contributed by atoms with Crippen LogP contribution in [0.25, 0.3) is 0 Å². The monoisotopic (exact) mass is 160 g/mol. The summed E-state index contributed by atoms with van der Waals surface area (Å²) in [5.74, 6) is 0. The van der Waals surface area contributed by atoms with Gasteiger partial charge < -0.3 is 10.0 Å². The van der Waals surface area contributed by atoms with E-state index in [1.807, 2.05) is 26.0 Å². The van der Waals surface area contributed by atoms with E-state index in [9.17, 15) is 5.11 Å². The van der Waals surface area contributed by atoms with Gasteiger partial charge in [-0.3, -0.25) is 4.90 Å². The minimum atomic E-state index is -0.698. The van der Waals surface area contributed by atoms with Gasteiger partial charge >= 0.3 is 0 Å². The third-order valence-corrected chi connectivity index (χ3v) is 1.82. The molecule has 0 atom stereocenters. The topological polar surface area (TPSA) is 26.7 Å². The molecule has 3 heteroatoms. The third-order valence-electron chi connectivity index (χ3n) is 1.82. The first-order chi connectivity index (χ1) is 4.84. The molecule has 0 aromatic rings. The second-order valence-electron chi connectivity index (χ2n) is 3.72. The zero-order valence-corrected chi connectivity index (χ0v) is 8.26. The summed E-state index contributed by atoms with van der Waals surface area (Å²) in [6.07, 6.45) is 0. The Balaban J connectivity index is 3.61. The van der Waals surface area contributed by atoms with Crippen molar-refractivity contribution in [3.05, 3.63) is 0 Å². The van der Waals surface area contributed by atoms with Crippen LogP contribution in [0.2, 0.25) is 0 Å². The van der Waals surface area contributed by atoms with Gasteiger partial charge in [0.2, 0.25) is 0 Å². The van der Waals surface area contributed by atoms with Crippen molar-refractivity contribution in [2.45, 2.75) is 19.6 Å². The van der Waals surface area contributed by atoms with Crippen molar-refractivity contribution in [3.8, 4) is 0 Å². The maximum atomic E-state index is 9.51. The smallest absolute Gasteiger partial charge is 0.112 e. The Morgan fingerprint density at radius 3 is 1.82 bits per heavy atom. The Kier molecular flexibility index (Phi) is 4.00. The first kappa shape index (κ1) is 10.9. The van der Waals surface area contributed by atoms with Gasteiger partial charge in [0.1, 0.15) is 5.72 Å². The maximum Gasteiger partial charge on any atom is 0.112 e. The quantitative estimate of drug-likeness (QED) is 0.595. The zero-order valence-electron chi connectivity index (χ0n) is 8.26. The van der Waals surface area contributed by atoms with Gasteiger partial charge in [-0.15, -0.1) is 0 Å². The Hall–Kier alpha value is -0.120. The van der Waals surface area contributed by atoms with Crippen LogP contribution in [0.5, 0.6) is 0 Å². The molecular weight excluding hydrogens is 140 g/mol. The van der Waals surface area contributed by atoms with Crippen LogP contribution in [0.3, 0.4) is 0 Å². The average Bonchev–Trinajstić information content (AvgIpc) is 1.80. The third kappa shape index (κ3) is 5.18. The lowest BCUT2D eigenvalue weighted by atomic mass is 10.3. The Labute approximate surface area is 69.6 Å². The van der Waals surface area contributed by atoms with Crippen molar-refractivity contribution in [3.63, 3.8) is 0 Å². The molecule has 0 amide bonds. The summed E-state index contributed by atoms with van der Waals surface area (Å²) < 4.78 is 0. The molecule has 0 bridgehead atoms. The summed E-state index contributed by atoms with van der Waals surface area (Å²) in [6.45, 7) is 5.45. The van der Waals surface area contributed by atoms with Gasteiger partial charge in [0.15, 0.2) is 0 Å². The Morgan fingerprint density at radius 2 is 1.55 bits per heavy atom. The molecular formula is C8H20N2O. The molecule has 1 N–H and O–H groups in total. The van der Waals surface area contributed by atoms with Crippen molar-refractivity contribution in [1.29, 1.82) is 0 Å². The maximum absolute atomic E-state index is 9.51. The average molecular weight is 160 g/mol. The number of hydrogen-bond acceptors (Lipinski definition) is 3. The molecule has 11 heavy (non-hydrogen) atoms. The molecule has 0 saturated heterocycles. The van der Waals surface area contributed by atoms with Gasteiger partial charge in [-0.05, 0) is 35.0 Å². The van der Waals surface area contributed by atoms with E-state index in [4.69, 9.17) is 0 Å². The minimum Gasteiger partial charge on any atom is -0.376 e. The lowest BCUT2D eigenvalue weighted by molar-refractivity contribution is -0.0646. The highest BCUT2D eigenvalue weighted by molar-refractivity contribution is 4.65. The van der Waals surface area contributed by atoms with Crippen molar-refractivity contribution < 1.29 is 5.11 Å². The summed E-state index contributed by atoms with van der Waals surface area (Å²) in [7, 11) is 5.97. The fourth-order valence-electron chi connectivity index (χ4n) is 0.624. The highest BCUT2D eigenvalue weighted by Crippen LogP contribution is 2.05. The highest BCUT2D eigenvalue weighted by atomic mass is 16.3. The molecule has 0 aliphatic rings. The van der Waals surface area contributed by atoms with Crippen LogP contribution in [0, 0.1) is 0 Å². The number of hydrogen-bond donors (Lipinski definition) is 1. The normalized spacial score (nSPS) is 13.1. The minimum absolute atomic E-state index is 0.698. The summed E-state index contributed by atoms with van der Waals surface area (Å²) in [6, 6.07) is 0. The summed E-state index contributed by atoms with van der Waals surface area (Å²) >= 11 is 0. The molecule has 0 aliphatic heterocycles. The fourth-order valence-corrected chi connectivity index (χ4v) is 0.624. The number of nitrogens with zero attached hydrogens (tertiary/aromatic N) is 2. The first-order valence-electron chi connectivity index (χ1n) is 3.92. The van der Waals surface area contributed by atoms with Crippen LogP contribution in [0.4, 0.5) is 0 Å². The first-order valence-corrected chi connectivity index (χ1v) is 3.92. The molecule has 0 fully saturated rings. The van der Waals surface area contributed by atoms with Crippen LogP contribution < -0.4 is 0 Å². The summed E-state index contributed by atoms with van der Waals surface area (Å²) in [4.78, 5) is 4.02. The number of aliphatic hydroxyl groups is 1. The van der Waals surface area contributed by atoms with Crippen LogP contribution in [0.15, 0.2) is 0 Å². The summed E-state index contributed by atoms with van der Waals surface area (Å²) in [5, 5.41) is 9.51. The second-order valence-corrected chi connectivity index (χ2v) is 3.72. The van der Waals surface area contributed by atoms with Crippen molar-refractivity contribution in [1.82, 2.24) is 9.80 Å². The number of rotatable bonds is 4. The molecule has 0 unspecified atom stereocenters. The van der Waals surface area contributed by atoms with Crippen LogP contribution in [0.1, 0.15) is 13.8 Å². The lowest BCUT2D eigenvalue weighted by Gasteiger charge is -2.31. The zero-order chi connectivity index (χ0) is 9.07. The van der Waals surface area contributed by atoms with E-state index in [1.54, 1.807) is 13.8 Å². The predicted octanol–water partition coefficient (Wildman–Crippen LogP) is 0.208. The molecule has 0 aromatic carbocycles. The SMILES string of the molecule is CN(C)CCN(C)C(C)(C)O. The van der Waals surface area contributed by atoms with Crippen molar-refractivity contribution >= 4 is 0 Å². The molecule has 0 spiro atoms. The van der Waals surface area contributed by atoms with E-state index >= 15 is 0 Å². The van der Waals surface area contributed by atoms with Gasteiger partial charge in [0, 0.05) is 13.1 Å². The standard InChI is InChI=1S/C8H20N2O/c1-8(2,11)10(5)7-6-9(3)4/h11H,6-7H2,1-5H3. The van der Waals surface area contributed by atoms with Crippen molar-refractivity contribution in [2.24, 2.45) is 0 Å². The summed E-state index contributed by atoms with van der Waals surface area (Å²) in [5.41, 5.74) is -0.698. The largest absolute Gasteiger partial charge is 0.376 e. The van der Waals surface area contributed by atoms with Crippen LogP contribution in [-0.4, -0.2) is 54.9 Å². The molecule has 3 nitrogen and oxygen atoms in total.